The van der Waals surface area contributed by atoms with E-state index in [1.54, 1.807) is 19.4 Å². The Morgan fingerprint density at radius 1 is 1.50 bits per heavy atom. The summed E-state index contributed by atoms with van der Waals surface area (Å²) in [4.78, 5) is 22.9. The van der Waals surface area contributed by atoms with Gasteiger partial charge in [-0.05, 0) is 18.8 Å². The topological polar surface area (TPSA) is 64.5 Å². The summed E-state index contributed by atoms with van der Waals surface area (Å²) in [7, 11) is 3.05. The van der Waals surface area contributed by atoms with Crippen molar-refractivity contribution in [3.05, 3.63) is 12.3 Å². The average molecular weight is 277 g/mol. The molecule has 1 aromatic rings. The van der Waals surface area contributed by atoms with Crippen LogP contribution in [0, 0.1) is 11.3 Å². The van der Waals surface area contributed by atoms with Crippen LogP contribution in [0.15, 0.2) is 12.3 Å². The molecule has 1 aliphatic heterocycles. The molecule has 1 aromatic heterocycles. The smallest absolute Gasteiger partial charge is 0.313 e. The van der Waals surface area contributed by atoms with Crippen LogP contribution in [0.25, 0.3) is 0 Å². The lowest BCUT2D eigenvalue weighted by molar-refractivity contribution is -0.152. The summed E-state index contributed by atoms with van der Waals surface area (Å²) in [5, 5.41) is 0. The van der Waals surface area contributed by atoms with E-state index in [1.165, 1.54) is 7.11 Å². The van der Waals surface area contributed by atoms with Gasteiger partial charge in [0.15, 0.2) is 0 Å². The van der Waals surface area contributed by atoms with Crippen molar-refractivity contribution in [1.29, 1.82) is 0 Å². The Hall–Kier alpha value is -1.85. The van der Waals surface area contributed by atoms with Crippen molar-refractivity contribution in [1.82, 2.24) is 9.97 Å². The second kappa shape index (κ2) is 4.92. The van der Waals surface area contributed by atoms with E-state index in [9.17, 15) is 4.79 Å². The Kier molecular flexibility index (Phi) is 3.23. The predicted octanol–water partition coefficient (Wildman–Crippen LogP) is 1.26. The van der Waals surface area contributed by atoms with E-state index in [-0.39, 0.29) is 11.4 Å². The molecule has 3 rings (SSSR count). The van der Waals surface area contributed by atoms with E-state index in [2.05, 4.69) is 14.9 Å². The Morgan fingerprint density at radius 2 is 2.35 bits per heavy atom. The molecule has 108 valence electrons. The van der Waals surface area contributed by atoms with Gasteiger partial charge in [-0.2, -0.15) is 4.98 Å². The van der Waals surface area contributed by atoms with Crippen LogP contribution in [0.5, 0.6) is 5.88 Å². The molecule has 6 heteroatoms. The van der Waals surface area contributed by atoms with Crippen molar-refractivity contribution in [2.75, 3.05) is 32.2 Å². The number of hydrogen-bond donors (Lipinski definition) is 0. The van der Waals surface area contributed by atoms with Gasteiger partial charge in [-0.25, -0.2) is 4.98 Å². The third-order valence-electron chi connectivity index (χ3n) is 4.57. The minimum Gasteiger partial charge on any atom is -0.481 e. The number of methoxy groups -OCH3 is 2. The van der Waals surface area contributed by atoms with Gasteiger partial charge >= 0.3 is 5.97 Å². The monoisotopic (exact) mass is 277 g/mol. The highest BCUT2D eigenvalue weighted by atomic mass is 16.5. The van der Waals surface area contributed by atoms with E-state index in [0.29, 0.717) is 24.3 Å². The maximum absolute atomic E-state index is 12.2. The lowest BCUT2D eigenvalue weighted by Crippen LogP contribution is -2.37. The Labute approximate surface area is 118 Å². The van der Waals surface area contributed by atoms with Crippen LogP contribution in [0.3, 0.4) is 0 Å². The first-order valence-corrected chi connectivity index (χ1v) is 6.90. The number of rotatable bonds is 3. The summed E-state index contributed by atoms with van der Waals surface area (Å²) in [6.07, 6.45) is 4.73. The van der Waals surface area contributed by atoms with Crippen LogP contribution < -0.4 is 9.64 Å². The number of esters is 1. The van der Waals surface area contributed by atoms with E-state index >= 15 is 0 Å². The fourth-order valence-corrected chi connectivity index (χ4v) is 3.58. The number of aromatic nitrogens is 2. The van der Waals surface area contributed by atoms with Crippen molar-refractivity contribution in [3.8, 4) is 5.88 Å². The average Bonchev–Trinajstić information content (AvgIpc) is 3.04. The molecule has 2 fully saturated rings. The van der Waals surface area contributed by atoms with E-state index in [4.69, 9.17) is 9.47 Å². The summed E-state index contributed by atoms with van der Waals surface area (Å²) in [5.41, 5.74) is -0.374. The van der Waals surface area contributed by atoms with Gasteiger partial charge in [0.1, 0.15) is 0 Å². The van der Waals surface area contributed by atoms with Gasteiger partial charge in [-0.3, -0.25) is 4.79 Å². The second-order valence-corrected chi connectivity index (χ2v) is 5.52. The number of fused-ring (bicyclic) bond motifs is 1. The largest absolute Gasteiger partial charge is 0.481 e. The SMILES string of the molecule is COC(=O)C12CCCC1CN(c1nccc(OC)n1)C2. The summed E-state index contributed by atoms with van der Waals surface area (Å²) in [5.74, 6) is 1.41. The fourth-order valence-electron chi connectivity index (χ4n) is 3.58. The van der Waals surface area contributed by atoms with Gasteiger partial charge in [0.2, 0.25) is 11.8 Å². The highest BCUT2D eigenvalue weighted by Gasteiger charge is 2.55. The number of hydrogen-bond acceptors (Lipinski definition) is 6. The summed E-state index contributed by atoms with van der Waals surface area (Å²) >= 11 is 0. The molecule has 1 aliphatic carbocycles. The maximum Gasteiger partial charge on any atom is 0.313 e. The summed E-state index contributed by atoms with van der Waals surface area (Å²) in [6.45, 7) is 1.44. The zero-order valence-electron chi connectivity index (χ0n) is 11.8. The Bertz CT molecular complexity index is 522. The lowest BCUT2D eigenvalue weighted by atomic mass is 9.81. The van der Waals surface area contributed by atoms with Gasteiger partial charge in [0.25, 0.3) is 0 Å². The van der Waals surface area contributed by atoms with Crippen molar-refractivity contribution >= 4 is 11.9 Å². The lowest BCUT2D eigenvalue weighted by Gasteiger charge is -2.25. The number of nitrogens with zero attached hydrogens (tertiary/aromatic N) is 3. The van der Waals surface area contributed by atoms with Gasteiger partial charge in [-0.15, -0.1) is 0 Å². The first-order valence-electron chi connectivity index (χ1n) is 6.90. The molecule has 0 N–H and O–H groups in total. The molecule has 2 aliphatic rings. The minimum atomic E-state index is -0.374. The van der Waals surface area contributed by atoms with E-state index in [0.717, 1.165) is 25.8 Å². The molecule has 2 atom stereocenters. The molecule has 0 spiro atoms. The van der Waals surface area contributed by atoms with Gasteiger partial charge in [0.05, 0.1) is 19.6 Å². The van der Waals surface area contributed by atoms with Crippen molar-refractivity contribution < 1.29 is 14.3 Å². The molecule has 0 amide bonds. The molecule has 20 heavy (non-hydrogen) atoms. The van der Waals surface area contributed by atoms with Gasteiger partial charge in [0, 0.05) is 25.4 Å². The van der Waals surface area contributed by atoms with Crippen LogP contribution in [0.4, 0.5) is 5.95 Å². The minimum absolute atomic E-state index is 0.0922. The quantitative estimate of drug-likeness (QED) is 0.775. The number of ether oxygens (including phenoxy) is 2. The van der Waals surface area contributed by atoms with Crippen LogP contribution in [0.2, 0.25) is 0 Å². The van der Waals surface area contributed by atoms with Crippen molar-refractivity contribution in [2.45, 2.75) is 19.3 Å². The van der Waals surface area contributed by atoms with Crippen LogP contribution in [0.1, 0.15) is 19.3 Å². The molecule has 0 radical (unpaired) electrons. The molecule has 2 unspecified atom stereocenters. The first kappa shape index (κ1) is 13.1. The molecule has 1 saturated heterocycles. The molecule has 6 nitrogen and oxygen atoms in total. The predicted molar refractivity (Wildman–Crippen MR) is 72.6 cm³/mol. The molecular formula is C14H19N3O3. The highest BCUT2D eigenvalue weighted by molar-refractivity contribution is 5.79. The first-order chi connectivity index (χ1) is 9.69. The van der Waals surface area contributed by atoms with Gasteiger partial charge < -0.3 is 14.4 Å². The molecule has 2 heterocycles. The summed E-state index contributed by atoms with van der Waals surface area (Å²) in [6, 6.07) is 1.72. The zero-order chi connectivity index (χ0) is 14.2. The van der Waals surface area contributed by atoms with Crippen molar-refractivity contribution in [2.24, 2.45) is 11.3 Å². The third kappa shape index (κ3) is 1.90. The van der Waals surface area contributed by atoms with E-state index < -0.39 is 0 Å². The van der Waals surface area contributed by atoms with Crippen LogP contribution >= 0.6 is 0 Å². The second-order valence-electron chi connectivity index (χ2n) is 5.52. The maximum atomic E-state index is 12.2. The Balaban J connectivity index is 1.86. The highest BCUT2D eigenvalue weighted by Crippen LogP contribution is 2.50. The molecule has 0 bridgehead atoms. The third-order valence-corrected chi connectivity index (χ3v) is 4.57. The number of carbonyl (C=O) groups excluding carboxylic acids is 1. The molecule has 0 aromatic carbocycles. The fraction of sp³-hybridized carbons (Fsp3) is 0.643. The molecule has 1 saturated carbocycles. The number of carbonyl (C=O) groups is 1. The van der Waals surface area contributed by atoms with Crippen LogP contribution in [-0.4, -0.2) is 43.2 Å². The van der Waals surface area contributed by atoms with E-state index in [1.807, 2.05) is 0 Å². The standard InChI is InChI=1S/C14H19N3O3/c1-19-11-5-7-15-13(16-11)17-8-10-4-3-6-14(10,9-17)12(18)20-2/h5,7,10H,3-4,6,8-9H2,1-2H3. The zero-order valence-corrected chi connectivity index (χ0v) is 11.8. The number of anilines is 1. The molecular weight excluding hydrogens is 258 g/mol. The summed E-state index contributed by atoms with van der Waals surface area (Å²) < 4.78 is 10.2. The van der Waals surface area contributed by atoms with Crippen molar-refractivity contribution in [3.63, 3.8) is 0 Å². The van der Waals surface area contributed by atoms with Gasteiger partial charge in [-0.1, -0.05) is 6.42 Å². The van der Waals surface area contributed by atoms with Crippen LogP contribution in [-0.2, 0) is 9.53 Å². The normalized spacial score (nSPS) is 28.3. The Morgan fingerprint density at radius 3 is 3.10 bits per heavy atom.